The average Bonchev–Trinajstić information content (AvgIpc) is 2.74. The Labute approximate surface area is 113 Å². The fourth-order valence-corrected chi connectivity index (χ4v) is 2.52. The highest BCUT2D eigenvalue weighted by atomic mass is 32.1. The summed E-state index contributed by atoms with van der Waals surface area (Å²) in [6, 6.07) is 12.4. The van der Waals surface area contributed by atoms with Gasteiger partial charge in [-0.15, -0.1) is 11.3 Å². The summed E-state index contributed by atoms with van der Waals surface area (Å²) >= 11 is 1.83. The summed E-state index contributed by atoms with van der Waals surface area (Å²) in [7, 11) is 0. The third kappa shape index (κ3) is 3.77. The van der Waals surface area contributed by atoms with Gasteiger partial charge in [0, 0.05) is 22.0 Å². The number of ether oxygens (including phenoxy) is 1. The van der Waals surface area contributed by atoms with Crippen LogP contribution in [0.25, 0.3) is 0 Å². The van der Waals surface area contributed by atoms with Crippen LogP contribution in [0, 0.1) is 6.92 Å². The van der Waals surface area contributed by atoms with Crippen LogP contribution >= 0.6 is 11.3 Å². The van der Waals surface area contributed by atoms with E-state index in [2.05, 4.69) is 36.5 Å². The first-order valence-electron chi connectivity index (χ1n) is 6.19. The summed E-state index contributed by atoms with van der Waals surface area (Å²) in [5, 5.41) is 3.41. The number of rotatable bonds is 5. The molecular weight excluding hydrogens is 242 g/mol. The first-order valence-corrected chi connectivity index (χ1v) is 7.01. The van der Waals surface area contributed by atoms with Crippen molar-refractivity contribution in [3.05, 3.63) is 46.2 Å². The highest BCUT2D eigenvalue weighted by Crippen LogP contribution is 2.19. The lowest BCUT2D eigenvalue weighted by Gasteiger charge is -2.10. The van der Waals surface area contributed by atoms with Crippen LogP contribution in [0.4, 0.5) is 5.69 Å². The maximum absolute atomic E-state index is 5.61. The van der Waals surface area contributed by atoms with Crippen LogP contribution < -0.4 is 10.1 Å². The van der Waals surface area contributed by atoms with Gasteiger partial charge in [0.05, 0.1) is 6.10 Å². The number of benzene rings is 1. The van der Waals surface area contributed by atoms with Crippen LogP contribution in [0.1, 0.15) is 23.6 Å². The number of nitrogens with one attached hydrogen (secondary N) is 1. The Morgan fingerprint density at radius 1 is 1.11 bits per heavy atom. The van der Waals surface area contributed by atoms with Crippen LogP contribution in [-0.2, 0) is 6.54 Å². The van der Waals surface area contributed by atoms with Gasteiger partial charge in [-0.05, 0) is 57.2 Å². The van der Waals surface area contributed by atoms with E-state index in [1.54, 1.807) is 0 Å². The zero-order chi connectivity index (χ0) is 13.0. The van der Waals surface area contributed by atoms with Crippen molar-refractivity contribution in [2.75, 3.05) is 5.32 Å². The molecule has 0 spiro atoms. The van der Waals surface area contributed by atoms with Gasteiger partial charge in [0.2, 0.25) is 0 Å². The van der Waals surface area contributed by atoms with E-state index in [-0.39, 0.29) is 6.10 Å². The monoisotopic (exact) mass is 261 g/mol. The molecule has 0 radical (unpaired) electrons. The van der Waals surface area contributed by atoms with Crippen LogP contribution in [0.2, 0.25) is 0 Å². The minimum absolute atomic E-state index is 0.220. The van der Waals surface area contributed by atoms with Crippen LogP contribution in [-0.4, -0.2) is 6.10 Å². The molecule has 0 aliphatic carbocycles. The SMILES string of the molecule is Cc1ccc(CNc2ccc(OC(C)C)cc2)s1. The lowest BCUT2D eigenvalue weighted by atomic mass is 10.3. The first-order chi connectivity index (χ1) is 8.63. The van der Waals surface area contributed by atoms with Gasteiger partial charge in [0.25, 0.3) is 0 Å². The van der Waals surface area contributed by atoms with Gasteiger partial charge in [-0.3, -0.25) is 0 Å². The Kier molecular flexibility index (Phi) is 4.26. The molecule has 96 valence electrons. The Balaban J connectivity index is 1.90. The molecule has 0 bridgehead atoms. The Morgan fingerprint density at radius 3 is 2.39 bits per heavy atom. The van der Waals surface area contributed by atoms with Gasteiger partial charge in [0.15, 0.2) is 0 Å². The molecule has 0 aliphatic rings. The molecule has 1 N–H and O–H groups in total. The zero-order valence-electron chi connectivity index (χ0n) is 11.1. The van der Waals surface area contributed by atoms with Crippen molar-refractivity contribution in [2.45, 2.75) is 33.4 Å². The summed E-state index contributed by atoms with van der Waals surface area (Å²) in [5.41, 5.74) is 1.12. The number of thiophene rings is 1. The maximum Gasteiger partial charge on any atom is 0.119 e. The minimum atomic E-state index is 0.220. The summed E-state index contributed by atoms with van der Waals surface area (Å²) in [6.07, 6.45) is 0.220. The molecule has 1 heterocycles. The molecule has 1 aromatic carbocycles. The minimum Gasteiger partial charge on any atom is -0.491 e. The molecule has 0 unspecified atom stereocenters. The second-order valence-electron chi connectivity index (χ2n) is 4.56. The normalized spacial score (nSPS) is 10.7. The molecule has 2 nitrogen and oxygen atoms in total. The van der Waals surface area contributed by atoms with Gasteiger partial charge < -0.3 is 10.1 Å². The molecule has 0 atom stereocenters. The third-order valence-corrected chi connectivity index (χ3v) is 3.49. The van der Waals surface area contributed by atoms with Crippen molar-refractivity contribution in [1.29, 1.82) is 0 Å². The highest BCUT2D eigenvalue weighted by Gasteiger charge is 1.99. The lowest BCUT2D eigenvalue weighted by Crippen LogP contribution is -2.05. The Hall–Kier alpha value is -1.48. The van der Waals surface area contributed by atoms with E-state index < -0.39 is 0 Å². The molecule has 0 fully saturated rings. The van der Waals surface area contributed by atoms with Gasteiger partial charge in [-0.1, -0.05) is 0 Å². The molecule has 0 saturated carbocycles. The second-order valence-corrected chi connectivity index (χ2v) is 5.93. The molecule has 18 heavy (non-hydrogen) atoms. The molecule has 0 aliphatic heterocycles. The van der Waals surface area contributed by atoms with E-state index in [1.165, 1.54) is 9.75 Å². The molecule has 2 aromatic rings. The summed E-state index contributed by atoms with van der Waals surface area (Å²) < 4.78 is 5.61. The second kappa shape index (κ2) is 5.91. The predicted molar refractivity (Wildman–Crippen MR) is 78.6 cm³/mol. The van der Waals surface area contributed by atoms with E-state index in [9.17, 15) is 0 Å². The van der Waals surface area contributed by atoms with E-state index in [0.717, 1.165) is 18.0 Å². The van der Waals surface area contributed by atoms with E-state index >= 15 is 0 Å². The fourth-order valence-electron chi connectivity index (χ4n) is 1.69. The fraction of sp³-hybridized carbons (Fsp3) is 0.333. The Bertz CT molecular complexity index is 487. The summed E-state index contributed by atoms with van der Waals surface area (Å²) in [4.78, 5) is 2.71. The van der Waals surface area contributed by atoms with Crippen molar-refractivity contribution in [2.24, 2.45) is 0 Å². The lowest BCUT2D eigenvalue weighted by molar-refractivity contribution is 0.242. The largest absolute Gasteiger partial charge is 0.491 e. The molecular formula is C15H19NOS. The van der Waals surface area contributed by atoms with Gasteiger partial charge >= 0.3 is 0 Å². The average molecular weight is 261 g/mol. The maximum atomic E-state index is 5.61. The first kappa shape index (κ1) is 13.0. The van der Waals surface area contributed by atoms with Crippen molar-refractivity contribution < 1.29 is 4.74 Å². The van der Waals surface area contributed by atoms with Crippen molar-refractivity contribution >= 4 is 17.0 Å². The van der Waals surface area contributed by atoms with E-state index in [4.69, 9.17) is 4.74 Å². The molecule has 0 amide bonds. The molecule has 2 rings (SSSR count). The third-order valence-electron chi connectivity index (χ3n) is 2.49. The molecule has 3 heteroatoms. The molecule has 0 saturated heterocycles. The quantitative estimate of drug-likeness (QED) is 0.858. The van der Waals surface area contributed by atoms with Crippen LogP contribution in [0.3, 0.4) is 0 Å². The van der Waals surface area contributed by atoms with Crippen molar-refractivity contribution in [3.8, 4) is 5.75 Å². The van der Waals surface area contributed by atoms with E-state index in [0.29, 0.717) is 0 Å². The zero-order valence-corrected chi connectivity index (χ0v) is 11.9. The van der Waals surface area contributed by atoms with Crippen molar-refractivity contribution in [3.63, 3.8) is 0 Å². The highest BCUT2D eigenvalue weighted by molar-refractivity contribution is 7.11. The Morgan fingerprint density at radius 2 is 1.83 bits per heavy atom. The van der Waals surface area contributed by atoms with Gasteiger partial charge in [0.1, 0.15) is 5.75 Å². The van der Waals surface area contributed by atoms with Crippen LogP contribution in [0.15, 0.2) is 36.4 Å². The van der Waals surface area contributed by atoms with E-state index in [1.807, 2.05) is 37.3 Å². The number of hydrogen-bond donors (Lipinski definition) is 1. The van der Waals surface area contributed by atoms with Gasteiger partial charge in [-0.25, -0.2) is 0 Å². The smallest absolute Gasteiger partial charge is 0.119 e. The van der Waals surface area contributed by atoms with Crippen molar-refractivity contribution in [1.82, 2.24) is 0 Å². The van der Waals surface area contributed by atoms with Crippen LogP contribution in [0.5, 0.6) is 5.75 Å². The summed E-state index contributed by atoms with van der Waals surface area (Å²) in [5.74, 6) is 0.919. The number of anilines is 1. The number of aryl methyl sites for hydroxylation is 1. The predicted octanol–water partition coefficient (Wildman–Crippen LogP) is 4.46. The topological polar surface area (TPSA) is 21.3 Å². The standard InChI is InChI=1S/C15H19NOS/c1-11(2)17-14-7-5-13(6-8-14)16-10-15-9-4-12(3)18-15/h4-9,11,16H,10H2,1-3H3. The van der Waals surface area contributed by atoms with Gasteiger partial charge in [-0.2, -0.15) is 0 Å². The summed E-state index contributed by atoms with van der Waals surface area (Å²) in [6.45, 7) is 7.08. The molecule has 1 aromatic heterocycles. The number of hydrogen-bond acceptors (Lipinski definition) is 3.